The molecule has 0 aliphatic heterocycles. The number of H-pyrrole nitrogens is 1. The first-order valence-electron chi connectivity index (χ1n) is 6.57. The molecule has 1 aromatic heterocycles. The van der Waals surface area contributed by atoms with Crippen LogP contribution in [0.2, 0.25) is 0 Å². The van der Waals surface area contributed by atoms with Crippen molar-refractivity contribution in [1.82, 2.24) is 20.2 Å². The second-order valence-electron chi connectivity index (χ2n) is 4.65. The molecule has 106 valence electrons. The summed E-state index contributed by atoms with van der Waals surface area (Å²) in [5.41, 5.74) is 2.15. The Morgan fingerprint density at radius 1 is 1.40 bits per heavy atom. The Morgan fingerprint density at radius 3 is 2.95 bits per heavy atom. The highest BCUT2D eigenvalue weighted by atomic mass is 16.2. The standard InChI is InChI=1S/C14H18N4O2/c1-3-6-15-13(19)8-18(2)14(20)10-4-5-11-12(7-10)17-9-16-11/h4-5,7,9H,3,6,8H2,1-2H3,(H,15,19)(H,16,17). The van der Waals surface area contributed by atoms with E-state index in [1.165, 1.54) is 4.90 Å². The number of amides is 2. The average Bonchev–Trinajstić information content (AvgIpc) is 2.91. The van der Waals surface area contributed by atoms with Gasteiger partial charge < -0.3 is 15.2 Å². The Balaban J connectivity index is 2.04. The number of imidazole rings is 1. The van der Waals surface area contributed by atoms with Gasteiger partial charge in [0.05, 0.1) is 23.9 Å². The maximum Gasteiger partial charge on any atom is 0.254 e. The molecule has 0 saturated carbocycles. The molecule has 6 heteroatoms. The van der Waals surface area contributed by atoms with E-state index in [9.17, 15) is 9.59 Å². The van der Waals surface area contributed by atoms with Crippen molar-refractivity contribution in [3.63, 3.8) is 0 Å². The Bertz CT molecular complexity index is 620. The Hall–Kier alpha value is -2.37. The predicted molar refractivity (Wildman–Crippen MR) is 76.4 cm³/mol. The highest BCUT2D eigenvalue weighted by Crippen LogP contribution is 2.12. The molecule has 0 spiro atoms. The third-order valence-electron chi connectivity index (χ3n) is 2.97. The van der Waals surface area contributed by atoms with Gasteiger partial charge in [-0.25, -0.2) is 4.98 Å². The number of nitrogens with zero attached hydrogens (tertiary/aromatic N) is 2. The number of aromatic nitrogens is 2. The van der Waals surface area contributed by atoms with Crippen LogP contribution in [0, 0.1) is 0 Å². The van der Waals surface area contributed by atoms with Crippen LogP contribution in [-0.2, 0) is 4.79 Å². The lowest BCUT2D eigenvalue weighted by molar-refractivity contribution is -0.121. The molecule has 0 bridgehead atoms. The lowest BCUT2D eigenvalue weighted by atomic mass is 10.2. The van der Waals surface area contributed by atoms with E-state index in [0.29, 0.717) is 12.1 Å². The van der Waals surface area contributed by atoms with E-state index < -0.39 is 0 Å². The molecule has 1 aromatic carbocycles. The first kappa shape index (κ1) is 14.0. The fourth-order valence-corrected chi connectivity index (χ4v) is 1.90. The normalized spacial score (nSPS) is 10.5. The van der Waals surface area contributed by atoms with Gasteiger partial charge in [0.1, 0.15) is 0 Å². The number of fused-ring (bicyclic) bond motifs is 1. The number of nitrogens with one attached hydrogen (secondary N) is 2. The van der Waals surface area contributed by atoms with Crippen molar-refractivity contribution in [2.45, 2.75) is 13.3 Å². The van der Waals surface area contributed by atoms with Gasteiger partial charge in [-0.1, -0.05) is 6.92 Å². The van der Waals surface area contributed by atoms with Crippen LogP contribution < -0.4 is 5.32 Å². The minimum atomic E-state index is -0.187. The molecule has 6 nitrogen and oxygen atoms in total. The maximum absolute atomic E-state index is 12.2. The minimum absolute atomic E-state index is 0.0554. The van der Waals surface area contributed by atoms with Crippen molar-refractivity contribution >= 4 is 22.8 Å². The van der Waals surface area contributed by atoms with Crippen LogP contribution in [0.15, 0.2) is 24.5 Å². The van der Waals surface area contributed by atoms with Crippen LogP contribution in [0.25, 0.3) is 11.0 Å². The highest BCUT2D eigenvalue weighted by molar-refractivity contribution is 5.98. The van der Waals surface area contributed by atoms with E-state index in [0.717, 1.165) is 17.5 Å². The zero-order valence-electron chi connectivity index (χ0n) is 11.6. The summed E-state index contributed by atoms with van der Waals surface area (Å²) in [5, 5.41) is 2.75. The maximum atomic E-state index is 12.2. The first-order valence-corrected chi connectivity index (χ1v) is 6.57. The fraction of sp³-hybridized carbons (Fsp3) is 0.357. The van der Waals surface area contributed by atoms with Crippen LogP contribution in [-0.4, -0.2) is 46.8 Å². The van der Waals surface area contributed by atoms with E-state index >= 15 is 0 Å². The summed E-state index contributed by atoms with van der Waals surface area (Å²) in [5.74, 6) is -0.335. The van der Waals surface area contributed by atoms with E-state index in [2.05, 4.69) is 15.3 Å². The van der Waals surface area contributed by atoms with Gasteiger partial charge in [0, 0.05) is 19.2 Å². The lowest BCUT2D eigenvalue weighted by Crippen LogP contribution is -2.38. The third-order valence-corrected chi connectivity index (χ3v) is 2.97. The van der Waals surface area contributed by atoms with Gasteiger partial charge in [0.25, 0.3) is 5.91 Å². The number of rotatable bonds is 5. The summed E-state index contributed by atoms with van der Waals surface area (Å²) in [6.45, 7) is 2.66. The summed E-state index contributed by atoms with van der Waals surface area (Å²) >= 11 is 0. The Labute approximate surface area is 117 Å². The van der Waals surface area contributed by atoms with Gasteiger partial charge in [-0.3, -0.25) is 9.59 Å². The number of benzene rings is 1. The van der Waals surface area contributed by atoms with Gasteiger partial charge in [-0.05, 0) is 24.6 Å². The summed E-state index contributed by atoms with van der Waals surface area (Å²) in [7, 11) is 1.62. The number of aromatic amines is 1. The molecule has 2 aromatic rings. The molecule has 2 amide bonds. The molecule has 0 unspecified atom stereocenters. The molecule has 1 heterocycles. The van der Waals surface area contributed by atoms with Crippen LogP contribution >= 0.6 is 0 Å². The van der Waals surface area contributed by atoms with Gasteiger partial charge in [-0.2, -0.15) is 0 Å². The van der Waals surface area contributed by atoms with Crippen molar-refractivity contribution in [3.8, 4) is 0 Å². The van der Waals surface area contributed by atoms with Crippen LogP contribution in [0.4, 0.5) is 0 Å². The van der Waals surface area contributed by atoms with Crippen LogP contribution in [0.5, 0.6) is 0 Å². The Kier molecular flexibility index (Phi) is 4.34. The van der Waals surface area contributed by atoms with Crippen molar-refractivity contribution < 1.29 is 9.59 Å². The quantitative estimate of drug-likeness (QED) is 0.859. The van der Waals surface area contributed by atoms with Crippen molar-refractivity contribution in [1.29, 1.82) is 0 Å². The van der Waals surface area contributed by atoms with Gasteiger partial charge in [-0.15, -0.1) is 0 Å². The van der Waals surface area contributed by atoms with Crippen molar-refractivity contribution in [2.24, 2.45) is 0 Å². The second kappa shape index (κ2) is 6.18. The summed E-state index contributed by atoms with van der Waals surface area (Å²) < 4.78 is 0. The van der Waals surface area contributed by atoms with Crippen molar-refractivity contribution in [2.75, 3.05) is 20.1 Å². The fourth-order valence-electron chi connectivity index (χ4n) is 1.90. The zero-order chi connectivity index (χ0) is 14.5. The molecule has 0 radical (unpaired) electrons. The largest absolute Gasteiger partial charge is 0.355 e. The molecule has 0 aliphatic rings. The first-order chi connectivity index (χ1) is 9.61. The Morgan fingerprint density at radius 2 is 2.20 bits per heavy atom. The number of likely N-dealkylation sites (N-methyl/N-ethyl adjacent to an activating group) is 1. The number of hydrogen-bond acceptors (Lipinski definition) is 3. The monoisotopic (exact) mass is 274 g/mol. The van der Waals surface area contributed by atoms with Crippen molar-refractivity contribution in [3.05, 3.63) is 30.1 Å². The second-order valence-corrected chi connectivity index (χ2v) is 4.65. The number of carbonyl (C=O) groups is 2. The zero-order valence-corrected chi connectivity index (χ0v) is 11.6. The summed E-state index contributed by atoms with van der Waals surface area (Å²) in [6, 6.07) is 5.24. The molecule has 0 fully saturated rings. The lowest BCUT2D eigenvalue weighted by Gasteiger charge is -2.16. The topological polar surface area (TPSA) is 78.1 Å². The minimum Gasteiger partial charge on any atom is -0.355 e. The van der Waals surface area contributed by atoms with E-state index in [4.69, 9.17) is 0 Å². The van der Waals surface area contributed by atoms with Crippen LogP contribution in [0.1, 0.15) is 23.7 Å². The molecular formula is C14H18N4O2. The predicted octanol–water partition coefficient (Wildman–Crippen LogP) is 1.16. The van der Waals surface area contributed by atoms with E-state index in [-0.39, 0.29) is 18.4 Å². The number of carbonyl (C=O) groups excluding carboxylic acids is 2. The SMILES string of the molecule is CCCNC(=O)CN(C)C(=O)c1ccc2nc[nH]c2c1. The van der Waals surface area contributed by atoms with Gasteiger partial charge in [0.15, 0.2) is 0 Å². The molecule has 2 rings (SSSR count). The summed E-state index contributed by atoms with van der Waals surface area (Å²) in [6.07, 6.45) is 2.46. The smallest absolute Gasteiger partial charge is 0.254 e. The van der Waals surface area contributed by atoms with E-state index in [1.807, 2.05) is 6.92 Å². The molecular weight excluding hydrogens is 256 g/mol. The van der Waals surface area contributed by atoms with Gasteiger partial charge in [0.2, 0.25) is 5.91 Å². The summed E-state index contributed by atoms with van der Waals surface area (Å²) in [4.78, 5) is 32.3. The third kappa shape index (κ3) is 3.14. The average molecular weight is 274 g/mol. The van der Waals surface area contributed by atoms with E-state index in [1.54, 1.807) is 31.6 Å². The number of hydrogen-bond donors (Lipinski definition) is 2. The molecule has 2 N–H and O–H groups in total. The van der Waals surface area contributed by atoms with Gasteiger partial charge >= 0.3 is 0 Å². The highest BCUT2D eigenvalue weighted by Gasteiger charge is 2.15. The molecule has 0 aliphatic carbocycles. The molecule has 0 saturated heterocycles. The molecule has 0 atom stereocenters. The van der Waals surface area contributed by atoms with Crippen LogP contribution in [0.3, 0.4) is 0 Å². The molecule has 20 heavy (non-hydrogen) atoms.